The quantitative estimate of drug-likeness (QED) is 0.0757. The molecule has 0 aromatic heterocycles. The molecule has 0 bridgehead atoms. The molecule has 0 fully saturated rings. The molecule has 0 saturated heterocycles. The van der Waals surface area contributed by atoms with Gasteiger partial charge in [-0.3, -0.25) is 15.0 Å². The van der Waals surface area contributed by atoms with E-state index in [1.165, 1.54) is 0 Å². The van der Waals surface area contributed by atoms with Gasteiger partial charge in [0.25, 0.3) is 5.91 Å². The summed E-state index contributed by atoms with van der Waals surface area (Å²) in [6.45, 7) is 6.17. The molecule has 5 rings (SSSR count). The van der Waals surface area contributed by atoms with Crippen LogP contribution in [0.4, 0.5) is 0 Å². The number of carbonyl (C=O) groups excluding carboxylic acids is 2. The fraction of sp³-hybridized carbons (Fsp3) is 0.325. The van der Waals surface area contributed by atoms with Gasteiger partial charge >= 0.3 is 5.97 Å². The molecule has 10 nitrogen and oxygen atoms in total. The van der Waals surface area contributed by atoms with Crippen LogP contribution in [0.1, 0.15) is 62.8 Å². The summed E-state index contributed by atoms with van der Waals surface area (Å²) in [5.41, 5.74) is 8.03. The number of esters is 1. The van der Waals surface area contributed by atoms with Crippen LogP contribution >= 0.6 is 0 Å². The average molecular weight is 680 g/mol. The van der Waals surface area contributed by atoms with Gasteiger partial charge < -0.3 is 24.1 Å². The number of amides is 1. The topological polar surface area (TPSA) is 128 Å². The van der Waals surface area contributed by atoms with Crippen molar-refractivity contribution in [2.24, 2.45) is 4.99 Å². The molecule has 0 radical (unpaired) electrons. The summed E-state index contributed by atoms with van der Waals surface area (Å²) in [4.78, 5) is 32.5. The lowest BCUT2D eigenvalue weighted by Gasteiger charge is -2.31. The Labute approximate surface area is 293 Å². The van der Waals surface area contributed by atoms with E-state index in [4.69, 9.17) is 29.0 Å². The number of nitrogens with one attached hydrogen (secondary N) is 2. The van der Waals surface area contributed by atoms with Crippen LogP contribution in [0.3, 0.4) is 0 Å². The fourth-order valence-electron chi connectivity index (χ4n) is 5.61. The van der Waals surface area contributed by atoms with Crippen molar-refractivity contribution in [3.63, 3.8) is 0 Å². The molecule has 3 N–H and O–H groups in total. The van der Waals surface area contributed by atoms with Gasteiger partial charge in [-0.2, -0.15) is 0 Å². The standard InChI is InChI=1S/C40H45N3O7/c1-39(2,3)50-35(45)23-24-40(38(46)43-41-27-28-11-19-33(47-4)20-12-28)36(31-15-13-30(14-16-31)29-9-6-5-7-10-29)49-37(42-40)32-17-21-34(22-18-32)48-26-8-25-44/h5-7,9-22,36,41,44H,8,23-27H2,1-4H3,(H,43,46)/t36-,40-/m0/s1. The van der Waals surface area contributed by atoms with Crippen molar-refractivity contribution in [3.05, 3.63) is 120 Å². The maximum absolute atomic E-state index is 14.4. The van der Waals surface area contributed by atoms with Crippen LogP contribution < -0.4 is 20.3 Å². The highest BCUT2D eigenvalue weighted by molar-refractivity contribution is 6.01. The number of benzene rings is 4. The minimum absolute atomic E-state index is 0.0227. The average Bonchev–Trinajstić information content (AvgIpc) is 3.52. The van der Waals surface area contributed by atoms with Crippen LogP contribution in [0, 0.1) is 0 Å². The van der Waals surface area contributed by atoms with Gasteiger partial charge in [-0.15, -0.1) is 0 Å². The number of hydrogen-bond donors (Lipinski definition) is 3. The zero-order chi connectivity index (χ0) is 35.6. The van der Waals surface area contributed by atoms with Gasteiger partial charge in [0.2, 0.25) is 5.90 Å². The maximum Gasteiger partial charge on any atom is 0.306 e. The summed E-state index contributed by atoms with van der Waals surface area (Å²) in [5.74, 6) is 0.728. The molecule has 0 unspecified atom stereocenters. The normalized spacial score (nSPS) is 17.0. The van der Waals surface area contributed by atoms with Crippen molar-refractivity contribution in [2.75, 3.05) is 20.3 Å². The van der Waals surface area contributed by atoms with Crippen LogP contribution in [-0.4, -0.2) is 54.3 Å². The largest absolute Gasteiger partial charge is 0.497 e. The van der Waals surface area contributed by atoms with E-state index < -0.39 is 29.1 Å². The van der Waals surface area contributed by atoms with Crippen LogP contribution in [0.15, 0.2) is 108 Å². The first-order valence-corrected chi connectivity index (χ1v) is 16.7. The van der Waals surface area contributed by atoms with Crippen LogP contribution in [0.2, 0.25) is 0 Å². The van der Waals surface area contributed by atoms with E-state index in [-0.39, 0.29) is 25.3 Å². The monoisotopic (exact) mass is 679 g/mol. The van der Waals surface area contributed by atoms with Crippen molar-refractivity contribution in [1.29, 1.82) is 0 Å². The number of methoxy groups -OCH3 is 1. The van der Waals surface area contributed by atoms with Crippen molar-refractivity contribution in [3.8, 4) is 22.6 Å². The summed E-state index contributed by atoms with van der Waals surface area (Å²) in [5, 5.41) is 9.10. The van der Waals surface area contributed by atoms with Crippen LogP contribution in [0.25, 0.3) is 11.1 Å². The molecule has 0 aliphatic carbocycles. The number of rotatable bonds is 15. The Bertz CT molecular complexity index is 1740. The Balaban J connectivity index is 1.49. The molecular formula is C40H45N3O7. The van der Waals surface area contributed by atoms with Gasteiger partial charge in [-0.05, 0) is 85.8 Å². The van der Waals surface area contributed by atoms with Gasteiger partial charge in [-0.25, -0.2) is 10.4 Å². The minimum atomic E-state index is -1.54. The molecule has 0 saturated carbocycles. The summed E-state index contributed by atoms with van der Waals surface area (Å²) in [6, 6.07) is 32.6. The lowest BCUT2D eigenvalue weighted by molar-refractivity contribution is -0.155. The molecule has 0 spiro atoms. The molecule has 4 aromatic carbocycles. The molecule has 1 aliphatic heterocycles. The zero-order valence-electron chi connectivity index (χ0n) is 29.0. The van der Waals surface area contributed by atoms with Gasteiger partial charge in [-0.1, -0.05) is 66.7 Å². The second kappa shape index (κ2) is 16.5. The summed E-state index contributed by atoms with van der Waals surface area (Å²) in [6.07, 6.45) is -0.397. The zero-order valence-corrected chi connectivity index (χ0v) is 29.0. The first-order chi connectivity index (χ1) is 24.1. The predicted molar refractivity (Wildman–Crippen MR) is 192 cm³/mol. The van der Waals surface area contributed by atoms with Gasteiger partial charge in [0, 0.05) is 31.6 Å². The predicted octanol–water partition coefficient (Wildman–Crippen LogP) is 6.32. The van der Waals surface area contributed by atoms with Gasteiger partial charge in [0.05, 0.1) is 13.7 Å². The van der Waals surface area contributed by atoms with E-state index in [1.54, 1.807) is 40.0 Å². The molecule has 2 atom stereocenters. The van der Waals surface area contributed by atoms with E-state index in [0.717, 1.165) is 28.0 Å². The highest BCUT2D eigenvalue weighted by atomic mass is 16.6. The first-order valence-electron chi connectivity index (χ1n) is 16.7. The van der Waals surface area contributed by atoms with Gasteiger partial charge in [0.15, 0.2) is 11.6 Å². The number of hydrogen-bond acceptors (Lipinski definition) is 9. The lowest BCUT2D eigenvalue weighted by atomic mass is 9.83. The van der Waals surface area contributed by atoms with Crippen LogP contribution in [-0.2, 0) is 25.6 Å². The summed E-state index contributed by atoms with van der Waals surface area (Å²) in [7, 11) is 1.61. The molecule has 10 heteroatoms. The second-order valence-corrected chi connectivity index (χ2v) is 13.0. The van der Waals surface area contributed by atoms with Crippen molar-refractivity contribution in [2.45, 2.75) is 63.8 Å². The number of hydrazine groups is 1. The molecule has 1 heterocycles. The Kier molecular flexibility index (Phi) is 11.9. The third-order valence-electron chi connectivity index (χ3n) is 8.13. The third kappa shape index (κ3) is 9.28. The maximum atomic E-state index is 14.4. The van der Waals surface area contributed by atoms with Crippen LogP contribution in [0.5, 0.6) is 11.5 Å². The Morgan fingerprint density at radius 2 is 1.50 bits per heavy atom. The van der Waals surface area contributed by atoms with E-state index in [0.29, 0.717) is 30.9 Å². The molecular weight excluding hydrogens is 634 g/mol. The minimum Gasteiger partial charge on any atom is -0.497 e. The SMILES string of the molecule is COc1ccc(CNNC(=O)[C@@]2(CCC(=O)OC(C)(C)C)N=C(c3ccc(OCCCO)cc3)O[C@H]2c2ccc(-c3ccccc3)cc2)cc1. The number of aliphatic hydroxyl groups is 1. The second-order valence-electron chi connectivity index (χ2n) is 13.0. The van der Waals surface area contributed by atoms with Crippen molar-refractivity contribution >= 4 is 17.8 Å². The molecule has 50 heavy (non-hydrogen) atoms. The fourth-order valence-corrected chi connectivity index (χ4v) is 5.61. The van der Waals surface area contributed by atoms with Gasteiger partial charge in [0.1, 0.15) is 17.1 Å². The van der Waals surface area contributed by atoms with E-state index in [2.05, 4.69) is 10.9 Å². The number of nitrogens with zero attached hydrogens (tertiary/aromatic N) is 1. The highest BCUT2D eigenvalue weighted by Gasteiger charge is 2.53. The molecule has 4 aromatic rings. The van der Waals surface area contributed by atoms with E-state index in [9.17, 15) is 9.59 Å². The number of aliphatic hydroxyl groups excluding tert-OH is 1. The molecule has 1 amide bonds. The van der Waals surface area contributed by atoms with Crippen molar-refractivity contribution < 1.29 is 33.6 Å². The summed E-state index contributed by atoms with van der Waals surface area (Å²) >= 11 is 0. The first kappa shape index (κ1) is 36.1. The Hall–Kier alpha value is -5.19. The van der Waals surface area contributed by atoms with E-state index in [1.807, 2.05) is 91.0 Å². The Morgan fingerprint density at radius 1 is 0.860 bits per heavy atom. The number of aliphatic imine (C=N–C) groups is 1. The Morgan fingerprint density at radius 3 is 2.14 bits per heavy atom. The molecule has 262 valence electrons. The highest BCUT2D eigenvalue weighted by Crippen LogP contribution is 2.44. The smallest absolute Gasteiger partial charge is 0.306 e. The number of ether oxygens (including phenoxy) is 4. The van der Waals surface area contributed by atoms with Crippen molar-refractivity contribution in [1.82, 2.24) is 10.9 Å². The van der Waals surface area contributed by atoms with E-state index >= 15 is 0 Å². The molecule has 1 aliphatic rings. The summed E-state index contributed by atoms with van der Waals surface area (Å²) < 4.78 is 23.2. The lowest BCUT2D eigenvalue weighted by Crippen LogP contribution is -2.52. The number of carbonyl (C=O) groups is 2. The third-order valence-corrected chi connectivity index (χ3v) is 8.13.